The van der Waals surface area contributed by atoms with E-state index in [9.17, 15) is 0 Å². The van der Waals surface area contributed by atoms with Gasteiger partial charge in [-0.25, -0.2) is 0 Å². The quantitative estimate of drug-likeness (QED) is 0.683. The van der Waals surface area contributed by atoms with Crippen LogP contribution in [0, 0.1) is 0 Å². The molecule has 1 aromatic rings. The van der Waals surface area contributed by atoms with Gasteiger partial charge in [0.25, 0.3) is 0 Å². The Morgan fingerprint density at radius 2 is 2.07 bits per heavy atom. The fourth-order valence-corrected chi connectivity index (χ4v) is 1.98. The standard InChI is InChI=1S/C14H18O/c1-12-6-5-9-14(15-12)11-10-13-7-3-2-4-8-13/h2-8,12,14H,9-11H2,1H3/t12-,14+/m1/s1. The number of benzene rings is 1. The summed E-state index contributed by atoms with van der Waals surface area (Å²) in [6.45, 7) is 2.10. The third-order valence-corrected chi connectivity index (χ3v) is 2.81. The molecule has 0 saturated heterocycles. The Morgan fingerprint density at radius 3 is 2.80 bits per heavy atom. The summed E-state index contributed by atoms with van der Waals surface area (Å²) in [6.07, 6.45) is 8.38. The first kappa shape index (κ1) is 10.4. The zero-order valence-corrected chi connectivity index (χ0v) is 9.23. The van der Waals surface area contributed by atoms with Crippen molar-refractivity contribution in [2.24, 2.45) is 0 Å². The SMILES string of the molecule is C[C@@H]1C=CC[C@@H](CCc2ccccc2)O1. The summed E-state index contributed by atoms with van der Waals surface area (Å²) >= 11 is 0. The molecular weight excluding hydrogens is 184 g/mol. The molecular formula is C14H18O. The summed E-state index contributed by atoms with van der Waals surface area (Å²) in [5, 5.41) is 0. The predicted octanol–water partition coefficient (Wildman–Crippen LogP) is 3.35. The summed E-state index contributed by atoms with van der Waals surface area (Å²) in [5.74, 6) is 0. The van der Waals surface area contributed by atoms with Gasteiger partial charge in [-0.3, -0.25) is 0 Å². The lowest BCUT2D eigenvalue weighted by Gasteiger charge is -2.23. The molecule has 0 amide bonds. The van der Waals surface area contributed by atoms with Crippen LogP contribution in [0.4, 0.5) is 0 Å². The van der Waals surface area contributed by atoms with Crippen LogP contribution >= 0.6 is 0 Å². The predicted molar refractivity (Wildman–Crippen MR) is 62.9 cm³/mol. The van der Waals surface area contributed by atoms with Crippen LogP contribution in [0.5, 0.6) is 0 Å². The second-order valence-electron chi connectivity index (χ2n) is 4.15. The van der Waals surface area contributed by atoms with Crippen molar-refractivity contribution in [3.05, 3.63) is 48.0 Å². The monoisotopic (exact) mass is 202 g/mol. The Hall–Kier alpha value is -1.08. The van der Waals surface area contributed by atoms with Gasteiger partial charge in [0.2, 0.25) is 0 Å². The molecule has 2 rings (SSSR count). The lowest BCUT2D eigenvalue weighted by molar-refractivity contribution is 0.0113. The molecule has 0 radical (unpaired) electrons. The van der Waals surface area contributed by atoms with Gasteiger partial charge in [0.1, 0.15) is 0 Å². The Kier molecular flexibility index (Phi) is 3.57. The van der Waals surface area contributed by atoms with E-state index in [1.54, 1.807) is 0 Å². The van der Waals surface area contributed by atoms with Gasteiger partial charge in [0.15, 0.2) is 0 Å². The first-order valence-corrected chi connectivity index (χ1v) is 5.70. The van der Waals surface area contributed by atoms with Crippen molar-refractivity contribution in [1.29, 1.82) is 0 Å². The molecule has 1 aliphatic heterocycles. The van der Waals surface area contributed by atoms with E-state index in [1.807, 2.05) is 0 Å². The molecule has 1 aliphatic rings. The van der Waals surface area contributed by atoms with Crippen molar-refractivity contribution in [2.75, 3.05) is 0 Å². The maximum Gasteiger partial charge on any atom is 0.0731 e. The molecule has 0 spiro atoms. The van der Waals surface area contributed by atoms with E-state index < -0.39 is 0 Å². The van der Waals surface area contributed by atoms with Gasteiger partial charge in [0.05, 0.1) is 12.2 Å². The first-order valence-electron chi connectivity index (χ1n) is 5.70. The van der Waals surface area contributed by atoms with Crippen molar-refractivity contribution >= 4 is 0 Å². The molecule has 1 aromatic carbocycles. The third kappa shape index (κ3) is 3.21. The van der Waals surface area contributed by atoms with Crippen molar-refractivity contribution in [3.63, 3.8) is 0 Å². The zero-order chi connectivity index (χ0) is 10.5. The summed E-state index contributed by atoms with van der Waals surface area (Å²) in [5.41, 5.74) is 1.41. The average Bonchev–Trinajstić information content (AvgIpc) is 2.28. The second-order valence-corrected chi connectivity index (χ2v) is 4.15. The van der Waals surface area contributed by atoms with Crippen LogP contribution in [0.25, 0.3) is 0 Å². The Labute approximate surface area is 91.8 Å². The first-order chi connectivity index (χ1) is 7.34. The minimum Gasteiger partial charge on any atom is -0.371 e. The van der Waals surface area contributed by atoms with E-state index >= 15 is 0 Å². The Bertz CT molecular complexity index is 315. The molecule has 15 heavy (non-hydrogen) atoms. The summed E-state index contributed by atoms with van der Waals surface area (Å²) in [6, 6.07) is 10.6. The van der Waals surface area contributed by atoms with Crippen LogP contribution in [-0.2, 0) is 11.2 Å². The third-order valence-electron chi connectivity index (χ3n) is 2.81. The maximum atomic E-state index is 5.82. The smallest absolute Gasteiger partial charge is 0.0731 e. The molecule has 0 bridgehead atoms. The summed E-state index contributed by atoms with van der Waals surface area (Å²) < 4.78 is 5.82. The number of rotatable bonds is 3. The van der Waals surface area contributed by atoms with Gasteiger partial charge in [0, 0.05) is 0 Å². The largest absolute Gasteiger partial charge is 0.371 e. The molecule has 1 heterocycles. The van der Waals surface area contributed by atoms with Crippen LogP contribution in [0.15, 0.2) is 42.5 Å². The molecule has 0 N–H and O–H groups in total. The van der Waals surface area contributed by atoms with Gasteiger partial charge in [-0.1, -0.05) is 42.5 Å². The van der Waals surface area contributed by atoms with Crippen molar-refractivity contribution in [1.82, 2.24) is 0 Å². The van der Waals surface area contributed by atoms with E-state index in [1.165, 1.54) is 5.56 Å². The number of aryl methyl sites for hydroxylation is 1. The molecule has 0 unspecified atom stereocenters. The van der Waals surface area contributed by atoms with Gasteiger partial charge < -0.3 is 4.74 Å². The second kappa shape index (κ2) is 5.13. The van der Waals surface area contributed by atoms with E-state index in [0.717, 1.165) is 19.3 Å². The van der Waals surface area contributed by atoms with Gasteiger partial charge >= 0.3 is 0 Å². The number of hydrogen-bond acceptors (Lipinski definition) is 1. The Balaban J connectivity index is 1.81. The van der Waals surface area contributed by atoms with Crippen molar-refractivity contribution in [3.8, 4) is 0 Å². The zero-order valence-electron chi connectivity index (χ0n) is 9.23. The number of hydrogen-bond donors (Lipinski definition) is 0. The molecule has 0 fully saturated rings. The highest BCUT2D eigenvalue weighted by atomic mass is 16.5. The fourth-order valence-electron chi connectivity index (χ4n) is 1.98. The van der Waals surface area contributed by atoms with E-state index in [-0.39, 0.29) is 0 Å². The topological polar surface area (TPSA) is 9.23 Å². The van der Waals surface area contributed by atoms with E-state index in [4.69, 9.17) is 4.74 Å². The van der Waals surface area contributed by atoms with Gasteiger partial charge in [-0.05, 0) is 31.7 Å². The highest BCUT2D eigenvalue weighted by molar-refractivity contribution is 5.14. The van der Waals surface area contributed by atoms with Crippen molar-refractivity contribution < 1.29 is 4.74 Å². The summed E-state index contributed by atoms with van der Waals surface area (Å²) in [7, 11) is 0. The van der Waals surface area contributed by atoms with E-state index in [2.05, 4.69) is 49.4 Å². The molecule has 1 heteroatoms. The molecule has 1 nitrogen and oxygen atoms in total. The molecule has 0 aromatic heterocycles. The molecule has 0 saturated carbocycles. The molecule has 2 atom stereocenters. The van der Waals surface area contributed by atoms with Crippen molar-refractivity contribution in [2.45, 2.75) is 38.4 Å². The van der Waals surface area contributed by atoms with Crippen LogP contribution < -0.4 is 0 Å². The normalized spacial score (nSPS) is 25.4. The number of ether oxygens (including phenoxy) is 1. The van der Waals surface area contributed by atoms with Gasteiger partial charge in [-0.2, -0.15) is 0 Å². The summed E-state index contributed by atoms with van der Waals surface area (Å²) in [4.78, 5) is 0. The lowest BCUT2D eigenvalue weighted by atomic mass is 10.0. The fraction of sp³-hybridized carbons (Fsp3) is 0.429. The van der Waals surface area contributed by atoms with Gasteiger partial charge in [-0.15, -0.1) is 0 Å². The average molecular weight is 202 g/mol. The van der Waals surface area contributed by atoms with Crippen LogP contribution in [-0.4, -0.2) is 12.2 Å². The highest BCUT2D eigenvalue weighted by Crippen LogP contribution is 2.17. The maximum absolute atomic E-state index is 5.82. The van der Waals surface area contributed by atoms with Crippen LogP contribution in [0.1, 0.15) is 25.3 Å². The minimum atomic E-state index is 0.291. The highest BCUT2D eigenvalue weighted by Gasteiger charge is 2.14. The van der Waals surface area contributed by atoms with Crippen LogP contribution in [0.3, 0.4) is 0 Å². The molecule has 0 aliphatic carbocycles. The lowest BCUT2D eigenvalue weighted by Crippen LogP contribution is -2.22. The van der Waals surface area contributed by atoms with E-state index in [0.29, 0.717) is 12.2 Å². The van der Waals surface area contributed by atoms with Crippen LogP contribution in [0.2, 0.25) is 0 Å². The molecule has 80 valence electrons. The minimum absolute atomic E-state index is 0.291. The Morgan fingerprint density at radius 1 is 1.27 bits per heavy atom.